The smallest absolute Gasteiger partial charge is 0.137 e. The van der Waals surface area contributed by atoms with E-state index in [1.165, 1.54) is 6.42 Å². The largest absolute Gasteiger partial charge is 0.353 e. The van der Waals surface area contributed by atoms with Gasteiger partial charge in [-0.2, -0.15) is 0 Å². The zero-order chi connectivity index (χ0) is 14.0. The van der Waals surface area contributed by atoms with Gasteiger partial charge in [0.25, 0.3) is 0 Å². The highest BCUT2D eigenvalue weighted by Gasteiger charge is 2.31. The highest BCUT2D eigenvalue weighted by molar-refractivity contribution is 6.30. The first kappa shape index (κ1) is 14.6. The zero-order valence-corrected chi connectivity index (χ0v) is 13.1. The molecule has 2 rings (SSSR count). The molecule has 3 nitrogen and oxygen atoms in total. The molecule has 106 valence electrons. The summed E-state index contributed by atoms with van der Waals surface area (Å²) in [4.78, 5) is 11.1. The van der Waals surface area contributed by atoms with E-state index in [2.05, 4.69) is 42.6 Å². The molecule has 3 unspecified atom stereocenters. The molecule has 1 aromatic heterocycles. The molecule has 0 saturated carbocycles. The number of rotatable bonds is 3. The predicted octanol–water partition coefficient (Wildman–Crippen LogP) is 3.95. The highest BCUT2D eigenvalue weighted by atomic mass is 35.5. The van der Waals surface area contributed by atoms with Crippen LogP contribution in [0.4, 0.5) is 5.82 Å². The zero-order valence-electron chi connectivity index (χ0n) is 12.4. The van der Waals surface area contributed by atoms with Crippen LogP contribution in [0.2, 0.25) is 5.15 Å². The second-order valence-electron chi connectivity index (χ2n) is 5.93. The number of nitrogens with zero attached hydrogens (tertiary/aromatic N) is 3. The van der Waals surface area contributed by atoms with E-state index < -0.39 is 0 Å². The fourth-order valence-electron chi connectivity index (χ4n) is 3.09. The summed E-state index contributed by atoms with van der Waals surface area (Å²) < 4.78 is 0. The maximum absolute atomic E-state index is 6.27. The molecule has 0 spiro atoms. The summed E-state index contributed by atoms with van der Waals surface area (Å²) in [5.74, 6) is 2.44. The number of anilines is 1. The summed E-state index contributed by atoms with van der Waals surface area (Å²) in [5, 5.41) is 0.616. The SMILES string of the molecule is CCCc1c(Cl)ncnc1N1CC(C)CC(C)C1C. The van der Waals surface area contributed by atoms with Crippen molar-refractivity contribution in [2.45, 2.75) is 53.0 Å². The number of hydrogen-bond donors (Lipinski definition) is 0. The van der Waals surface area contributed by atoms with E-state index >= 15 is 0 Å². The highest BCUT2D eigenvalue weighted by Crippen LogP contribution is 2.33. The van der Waals surface area contributed by atoms with Gasteiger partial charge in [0.2, 0.25) is 0 Å². The van der Waals surface area contributed by atoms with Gasteiger partial charge in [-0.25, -0.2) is 9.97 Å². The van der Waals surface area contributed by atoms with Crippen molar-refractivity contribution in [2.75, 3.05) is 11.4 Å². The lowest BCUT2D eigenvalue weighted by atomic mass is 9.86. The van der Waals surface area contributed by atoms with Crippen LogP contribution in [0.25, 0.3) is 0 Å². The van der Waals surface area contributed by atoms with Crippen LogP contribution in [0, 0.1) is 11.8 Å². The molecule has 0 aromatic carbocycles. The van der Waals surface area contributed by atoms with Crippen LogP contribution < -0.4 is 4.90 Å². The van der Waals surface area contributed by atoms with Crippen LogP contribution in [0.3, 0.4) is 0 Å². The first-order valence-electron chi connectivity index (χ1n) is 7.30. The summed E-state index contributed by atoms with van der Waals surface area (Å²) in [6.45, 7) is 10.2. The molecule has 3 atom stereocenters. The summed E-state index contributed by atoms with van der Waals surface area (Å²) in [7, 11) is 0. The van der Waals surface area contributed by atoms with Crippen molar-refractivity contribution in [3.05, 3.63) is 17.0 Å². The molecule has 1 fully saturated rings. The molecule has 1 aliphatic rings. The van der Waals surface area contributed by atoms with Gasteiger partial charge >= 0.3 is 0 Å². The summed E-state index contributed by atoms with van der Waals surface area (Å²) in [5.41, 5.74) is 1.11. The third kappa shape index (κ3) is 3.02. The van der Waals surface area contributed by atoms with Crippen molar-refractivity contribution in [3.8, 4) is 0 Å². The summed E-state index contributed by atoms with van der Waals surface area (Å²) in [6, 6.07) is 0.512. The molecule has 0 N–H and O–H groups in total. The molecule has 0 amide bonds. The van der Waals surface area contributed by atoms with E-state index in [1.54, 1.807) is 6.33 Å². The Bertz CT molecular complexity index is 435. The first-order valence-corrected chi connectivity index (χ1v) is 7.68. The van der Waals surface area contributed by atoms with E-state index in [0.29, 0.717) is 23.0 Å². The molecule has 0 aliphatic carbocycles. The van der Waals surface area contributed by atoms with Crippen LogP contribution in [-0.4, -0.2) is 22.6 Å². The Labute approximate surface area is 121 Å². The first-order chi connectivity index (χ1) is 9.04. The van der Waals surface area contributed by atoms with Gasteiger partial charge in [0, 0.05) is 18.2 Å². The number of aromatic nitrogens is 2. The van der Waals surface area contributed by atoms with E-state index in [4.69, 9.17) is 11.6 Å². The van der Waals surface area contributed by atoms with Crippen LogP contribution in [0.15, 0.2) is 6.33 Å². The van der Waals surface area contributed by atoms with Crippen LogP contribution in [0.1, 0.15) is 46.1 Å². The molecular formula is C15H24ClN3. The van der Waals surface area contributed by atoms with Crippen molar-refractivity contribution in [3.63, 3.8) is 0 Å². The van der Waals surface area contributed by atoms with Gasteiger partial charge < -0.3 is 4.90 Å². The van der Waals surface area contributed by atoms with Crippen LogP contribution in [-0.2, 0) is 6.42 Å². The monoisotopic (exact) mass is 281 g/mol. The second-order valence-corrected chi connectivity index (χ2v) is 6.29. The standard InChI is InChI=1S/C15H24ClN3/c1-5-6-13-14(16)17-9-18-15(13)19-8-10(2)7-11(3)12(19)4/h9-12H,5-8H2,1-4H3. The maximum atomic E-state index is 6.27. The van der Waals surface area contributed by atoms with Gasteiger partial charge in [0.05, 0.1) is 0 Å². The van der Waals surface area contributed by atoms with Crippen LogP contribution >= 0.6 is 11.6 Å². The molecular weight excluding hydrogens is 258 g/mol. The minimum atomic E-state index is 0.512. The Hall–Kier alpha value is -0.830. The Morgan fingerprint density at radius 1 is 1.32 bits per heavy atom. The summed E-state index contributed by atoms with van der Waals surface area (Å²) >= 11 is 6.27. The lowest BCUT2D eigenvalue weighted by molar-refractivity contribution is 0.295. The van der Waals surface area contributed by atoms with Gasteiger partial charge in [-0.15, -0.1) is 0 Å². The average Bonchev–Trinajstić information content (AvgIpc) is 2.36. The minimum absolute atomic E-state index is 0.512. The molecule has 2 heterocycles. The number of halogens is 1. The summed E-state index contributed by atoms with van der Waals surface area (Å²) in [6.07, 6.45) is 4.89. The lowest BCUT2D eigenvalue weighted by Gasteiger charge is -2.42. The fraction of sp³-hybridized carbons (Fsp3) is 0.733. The lowest BCUT2D eigenvalue weighted by Crippen LogP contribution is -2.46. The fourth-order valence-corrected chi connectivity index (χ4v) is 3.31. The molecule has 1 saturated heterocycles. The number of piperidine rings is 1. The molecule has 0 radical (unpaired) electrons. The van der Waals surface area contributed by atoms with Crippen LogP contribution in [0.5, 0.6) is 0 Å². The third-order valence-electron chi connectivity index (χ3n) is 4.24. The molecule has 0 bridgehead atoms. The molecule has 1 aliphatic heterocycles. The van der Waals surface area contributed by atoms with Crippen molar-refractivity contribution < 1.29 is 0 Å². The van der Waals surface area contributed by atoms with Crippen molar-refractivity contribution in [1.29, 1.82) is 0 Å². The van der Waals surface area contributed by atoms with Gasteiger partial charge in [-0.3, -0.25) is 0 Å². The minimum Gasteiger partial charge on any atom is -0.353 e. The maximum Gasteiger partial charge on any atom is 0.137 e. The quantitative estimate of drug-likeness (QED) is 0.786. The Morgan fingerprint density at radius 3 is 2.74 bits per heavy atom. The van der Waals surface area contributed by atoms with Gasteiger partial charge in [-0.1, -0.05) is 38.8 Å². The predicted molar refractivity (Wildman–Crippen MR) is 80.8 cm³/mol. The van der Waals surface area contributed by atoms with Crippen molar-refractivity contribution in [1.82, 2.24) is 9.97 Å². The second kappa shape index (κ2) is 6.08. The number of hydrogen-bond acceptors (Lipinski definition) is 3. The van der Waals surface area contributed by atoms with E-state index in [0.717, 1.165) is 30.8 Å². The Kier molecular flexibility index (Phi) is 4.67. The van der Waals surface area contributed by atoms with Gasteiger partial charge in [0.15, 0.2) is 0 Å². The molecule has 19 heavy (non-hydrogen) atoms. The molecule has 4 heteroatoms. The van der Waals surface area contributed by atoms with Gasteiger partial charge in [0.1, 0.15) is 17.3 Å². The normalized spacial score (nSPS) is 27.6. The average molecular weight is 282 g/mol. The van der Waals surface area contributed by atoms with Crippen molar-refractivity contribution in [2.24, 2.45) is 11.8 Å². The van der Waals surface area contributed by atoms with E-state index in [9.17, 15) is 0 Å². The van der Waals surface area contributed by atoms with E-state index in [1.807, 2.05) is 0 Å². The Balaban J connectivity index is 2.37. The molecule has 1 aromatic rings. The van der Waals surface area contributed by atoms with E-state index in [-0.39, 0.29) is 0 Å². The Morgan fingerprint density at radius 2 is 2.05 bits per heavy atom. The van der Waals surface area contributed by atoms with Crippen molar-refractivity contribution >= 4 is 17.4 Å². The topological polar surface area (TPSA) is 29.0 Å². The third-order valence-corrected chi connectivity index (χ3v) is 4.57. The van der Waals surface area contributed by atoms with Gasteiger partial charge in [-0.05, 0) is 31.6 Å².